The molecule has 4 heteroatoms. The monoisotopic (exact) mass is 301 g/mol. The van der Waals surface area contributed by atoms with E-state index in [0.29, 0.717) is 11.1 Å². The molecular weight excluding hydrogens is 278 g/mol. The molecule has 22 heavy (non-hydrogen) atoms. The molecule has 0 unspecified atom stereocenters. The second-order valence-corrected chi connectivity index (χ2v) is 5.53. The Hall–Kier alpha value is -2.10. The third-order valence-electron chi connectivity index (χ3n) is 3.95. The molecule has 0 radical (unpaired) electrons. The Morgan fingerprint density at radius 1 is 1.09 bits per heavy atom. The highest BCUT2D eigenvalue weighted by atomic mass is 16.5. The zero-order chi connectivity index (χ0) is 15.8. The third-order valence-corrected chi connectivity index (χ3v) is 3.95. The molecule has 1 aromatic carbocycles. The van der Waals surface area contributed by atoms with Gasteiger partial charge in [0.15, 0.2) is 0 Å². The number of rotatable bonds is 3. The van der Waals surface area contributed by atoms with Gasteiger partial charge in [-0.2, -0.15) is 0 Å². The second kappa shape index (κ2) is 8.37. The molecule has 1 N–H and O–H groups in total. The number of carbonyl (C=O) groups is 2. The maximum absolute atomic E-state index is 12.4. The van der Waals surface area contributed by atoms with Crippen LogP contribution in [-0.2, 0) is 9.53 Å². The molecule has 1 aromatic rings. The van der Waals surface area contributed by atoms with Crippen LogP contribution in [0.2, 0.25) is 0 Å². The molecular formula is C18H23NO3. The zero-order valence-electron chi connectivity index (χ0n) is 13.0. The van der Waals surface area contributed by atoms with Crippen LogP contribution in [0, 0.1) is 0 Å². The number of nitrogens with one attached hydrogen (secondary N) is 1. The van der Waals surface area contributed by atoms with E-state index in [9.17, 15) is 9.59 Å². The van der Waals surface area contributed by atoms with Gasteiger partial charge < -0.3 is 10.1 Å². The minimum atomic E-state index is -0.347. The van der Waals surface area contributed by atoms with Crippen LogP contribution in [0.5, 0.6) is 0 Å². The predicted molar refractivity (Wildman–Crippen MR) is 85.5 cm³/mol. The van der Waals surface area contributed by atoms with Crippen molar-refractivity contribution in [3.63, 3.8) is 0 Å². The number of benzene rings is 1. The van der Waals surface area contributed by atoms with Crippen molar-refractivity contribution in [3.8, 4) is 0 Å². The molecule has 0 aliphatic heterocycles. The first-order valence-electron chi connectivity index (χ1n) is 7.86. The van der Waals surface area contributed by atoms with Crippen LogP contribution in [0.1, 0.15) is 48.9 Å². The highest BCUT2D eigenvalue weighted by Crippen LogP contribution is 2.19. The Kier molecular flexibility index (Phi) is 6.19. The van der Waals surface area contributed by atoms with E-state index in [-0.39, 0.29) is 17.9 Å². The maximum Gasteiger partial charge on any atom is 0.335 e. The van der Waals surface area contributed by atoms with Crippen LogP contribution in [0.25, 0.3) is 0 Å². The Morgan fingerprint density at radius 3 is 2.55 bits per heavy atom. The van der Waals surface area contributed by atoms with Gasteiger partial charge in [-0.15, -0.1) is 0 Å². The SMILES string of the molecule is COC(=O)/C1=C/CCCCCC[C@@H]1NC(=O)c1ccccc1. The second-order valence-electron chi connectivity index (χ2n) is 5.53. The summed E-state index contributed by atoms with van der Waals surface area (Å²) in [7, 11) is 1.38. The van der Waals surface area contributed by atoms with Crippen molar-refractivity contribution in [2.24, 2.45) is 0 Å². The maximum atomic E-state index is 12.4. The van der Waals surface area contributed by atoms with Gasteiger partial charge in [-0.05, 0) is 31.4 Å². The molecule has 1 atom stereocenters. The standard InChI is InChI=1S/C18H23NO3/c1-22-18(21)15-12-8-3-2-4-9-13-16(15)19-17(20)14-10-6-5-7-11-14/h5-7,10-12,16H,2-4,8-9,13H2,1H3,(H,19,20)/b15-12+/t16-/m0/s1. The molecule has 0 saturated heterocycles. The smallest absolute Gasteiger partial charge is 0.335 e. The predicted octanol–water partition coefficient (Wildman–Crippen LogP) is 3.24. The van der Waals surface area contributed by atoms with Gasteiger partial charge in [-0.1, -0.05) is 43.5 Å². The van der Waals surface area contributed by atoms with Crippen LogP contribution in [0.4, 0.5) is 0 Å². The van der Waals surface area contributed by atoms with E-state index in [1.807, 2.05) is 24.3 Å². The van der Waals surface area contributed by atoms with Gasteiger partial charge in [0.2, 0.25) is 0 Å². The fourth-order valence-electron chi connectivity index (χ4n) is 2.73. The van der Waals surface area contributed by atoms with E-state index in [2.05, 4.69) is 5.32 Å². The molecule has 1 amide bonds. The topological polar surface area (TPSA) is 55.4 Å². The van der Waals surface area contributed by atoms with Crippen LogP contribution in [-0.4, -0.2) is 25.0 Å². The summed E-state index contributed by atoms with van der Waals surface area (Å²) in [5.41, 5.74) is 1.18. The van der Waals surface area contributed by atoms with Crippen molar-refractivity contribution in [1.29, 1.82) is 0 Å². The fourth-order valence-corrected chi connectivity index (χ4v) is 2.73. The summed E-state index contributed by atoms with van der Waals surface area (Å²) in [6, 6.07) is 8.79. The molecule has 0 saturated carbocycles. The molecule has 1 aliphatic rings. The first-order valence-corrected chi connectivity index (χ1v) is 7.86. The lowest BCUT2D eigenvalue weighted by atomic mass is 10.00. The van der Waals surface area contributed by atoms with Gasteiger partial charge in [0, 0.05) is 5.56 Å². The fraction of sp³-hybridized carbons (Fsp3) is 0.444. The van der Waals surface area contributed by atoms with Crippen molar-refractivity contribution >= 4 is 11.9 Å². The highest BCUT2D eigenvalue weighted by Gasteiger charge is 2.24. The van der Waals surface area contributed by atoms with E-state index in [0.717, 1.165) is 38.5 Å². The number of ether oxygens (including phenoxy) is 1. The van der Waals surface area contributed by atoms with Gasteiger partial charge in [0.25, 0.3) is 5.91 Å². The van der Waals surface area contributed by atoms with E-state index in [4.69, 9.17) is 4.74 Å². The number of amides is 1. The summed E-state index contributed by atoms with van der Waals surface area (Å²) in [5, 5.41) is 2.99. The quantitative estimate of drug-likeness (QED) is 0.872. The molecule has 0 aromatic heterocycles. The summed E-state index contributed by atoms with van der Waals surface area (Å²) in [4.78, 5) is 24.4. The lowest BCUT2D eigenvalue weighted by Crippen LogP contribution is -2.38. The summed E-state index contributed by atoms with van der Waals surface area (Å²) in [6.45, 7) is 0. The van der Waals surface area contributed by atoms with E-state index in [1.165, 1.54) is 7.11 Å². The molecule has 0 heterocycles. The highest BCUT2D eigenvalue weighted by molar-refractivity contribution is 5.96. The van der Waals surface area contributed by atoms with Crippen molar-refractivity contribution in [2.45, 2.75) is 44.6 Å². The van der Waals surface area contributed by atoms with Crippen molar-refractivity contribution < 1.29 is 14.3 Å². The first-order chi connectivity index (χ1) is 10.7. The van der Waals surface area contributed by atoms with Crippen LogP contribution in [0.3, 0.4) is 0 Å². The van der Waals surface area contributed by atoms with Gasteiger partial charge in [0.1, 0.15) is 0 Å². The number of carbonyl (C=O) groups excluding carboxylic acids is 2. The van der Waals surface area contributed by atoms with Crippen molar-refractivity contribution in [3.05, 3.63) is 47.5 Å². The van der Waals surface area contributed by atoms with Gasteiger partial charge in [0.05, 0.1) is 18.7 Å². The number of hydrogen-bond donors (Lipinski definition) is 1. The normalized spacial score (nSPS) is 21.5. The van der Waals surface area contributed by atoms with Crippen LogP contribution in [0.15, 0.2) is 42.0 Å². The van der Waals surface area contributed by atoms with Crippen LogP contribution < -0.4 is 5.32 Å². The molecule has 0 fully saturated rings. The van der Waals surface area contributed by atoms with Crippen molar-refractivity contribution in [1.82, 2.24) is 5.32 Å². The molecule has 1 aliphatic carbocycles. The Balaban J connectivity index is 2.16. The largest absolute Gasteiger partial charge is 0.466 e. The molecule has 0 spiro atoms. The minimum absolute atomic E-state index is 0.153. The Morgan fingerprint density at radius 2 is 1.82 bits per heavy atom. The summed E-state index contributed by atoms with van der Waals surface area (Å²) in [6.07, 6.45) is 7.88. The number of esters is 1. The summed E-state index contributed by atoms with van der Waals surface area (Å²) in [5.74, 6) is -0.500. The lowest BCUT2D eigenvalue weighted by molar-refractivity contribution is -0.136. The first kappa shape index (κ1) is 16.3. The molecule has 118 valence electrons. The van der Waals surface area contributed by atoms with E-state index in [1.54, 1.807) is 12.1 Å². The number of allylic oxidation sites excluding steroid dienone is 1. The van der Waals surface area contributed by atoms with Gasteiger partial charge >= 0.3 is 5.97 Å². The summed E-state index contributed by atoms with van der Waals surface area (Å²) < 4.78 is 4.89. The molecule has 4 nitrogen and oxygen atoms in total. The minimum Gasteiger partial charge on any atom is -0.466 e. The molecule has 0 bridgehead atoms. The van der Waals surface area contributed by atoms with E-state index < -0.39 is 0 Å². The third kappa shape index (κ3) is 4.45. The van der Waals surface area contributed by atoms with Crippen LogP contribution >= 0.6 is 0 Å². The zero-order valence-corrected chi connectivity index (χ0v) is 13.0. The average molecular weight is 301 g/mol. The van der Waals surface area contributed by atoms with Gasteiger partial charge in [-0.3, -0.25) is 4.79 Å². The lowest BCUT2D eigenvalue weighted by Gasteiger charge is -2.20. The number of hydrogen-bond acceptors (Lipinski definition) is 3. The van der Waals surface area contributed by atoms with Gasteiger partial charge in [-0.25, -0.2) is 4.79 Å². The van der Waals surface area contributed by atoms with Crippen molar-refractivity contribution in [2.75, 3.05) is 7.11 Å². The average Bonchev–Trinajstić information content (AvgIpc) is 2.67. The molecule has 2 rings (SSSR count). The van der Waals surface area contributed by atoms with E-state index >= 15 is 0 Å². The summed E-state index contributed by atoms with van der Waals surface area (Å²) >= 11 is 0. The number of methoxy groups -OCH3 is 1. The Labute approximate surface area is 131 Å². The Bertz CT molecular complexity index is 537.